The number of aliphatic hydroxyl groups is 1. The number of halogens is 3. The molecule has 1 aliphatic carbocycles. The van der Waals surface area contributed by atoms with Gasteiger partial charge in [-0.25, -0.2) is 14.8 Å². The number of anilines is 2. The van der Waals surface area contributed by atoms with Crippen LogP contribution in [0.5, 0.6) is 0 Å². The molecular formula is C15H16BrClFN5O2. The normalized spacial score (nSPS) is 21.6. The summed E-state index contributed by atoms with van der Waals surface area (Å²) in [6, 6.07) is 0. The molecular weight excluding hydrogens is 417 g/mol. The van der Waals surface area contributed by atoms with Crippen LogP contribution in [0.25, 0.3) is 0 Å². The molecule has 0 spiro atoms. The van der Waals surface area contributed by atoms with Gasteiger partial charge in [-0.15, -0.1) is 0 Å². The molecule has 0 saturated carbocycles. The maximum Gasteiger partial charge on any atom is 0.245 e. The molecule has 1 saturated heterocycles. The van der Waals surface area contributed by atoms with Crippen molar-refractivity contribution in [1.29, 1.82) is 0 Å². The van der Waals surface area contributed by atoms with Crippen LogP contribution in [0.2, 0.25) is 0 Å². The van der Waals surface area contributed by atoms with E-state index in [0.29, 0.717) is 38.3 Å². The molecule has 0 radical (unpaired) electrons. The number of morpholine rings is 1. The zero-order valence-electron chi connectivity index (χ0n) is 13.1. The van der Waals surface area contributed by atoms with Crippen LogP contribution in [0.4, 0.5) is 16.2 Å². The van der Waals surface area contributed by atoms with Gasteiger partial charge in [0.25, 0.3) is 0 Å². The minimum atomic E-state index is -0.497. The van der Waals surface area contributed by atoms with Crippen molar-refractivity contribution < 1.29 is 14.2 Å². The lowest BCUT2D eigenvalue weighted by Crippen LogP contribution is -2.37. The second kappa shape index (κ2) is 8.11. The Hall–Kier alpha value is -1.71. The molecule has 1 fully saturated rings. The Labute approximate surface area is 157 Å². The van der Waals surface area contributed by atoms with Crippen LogP contribution >= 0.6 is 27.5 Å². The van der Waals surface area contributed by atoms with Gasteiger partial charge in [-0.3, -0.25) is 0 Å². The largest absolute Gasteiger partial charge is 0.506 e. The fourth-order valence-electron chi connectivity index (χ4n) is 2.45. The van der Waals surface area contributed by atoms with Gasteiger partial charge in [0.1, 0.15) is 5.76 Å². The van der Waals surface area contributed by atoms with E-state index in [-0.39, 0.29) is 27.4 Å². The van der Waals surface area contributed by atoms with Gasteiger partial charge in [-0.2, -0.15) is 10.1 Å². The summed E-state index contributed by atoms with van der Waals surface area (Å²) < 4.78 is 19.2. The quantitative estimate of drug-likeness (QED) is 0.432. The van der Waals surface area contributed by atoms with Crippen molar-refractivity contribution in [1.82, 2.24) is 9.97 Å². The molecule has 2 aliphatic rings. The van der Waals surface area contributed by atoms with Crippen molar-refractivity contribution in [3.63, 3.8) is 0 Å². The summed E-state index contributed by atoms with van der Waals surface area (Å²) >= 11 is 9.36. The first-order chi connectivity index (χ1) is 12.0. The van der Waals surface area contributed by atoms with E-state index in [0.717, 1.165) is 6.20 Å². The van der Waals surface area contributed by atoms with E-state index in [4.69, 9.17) is 16.3 Å². The van der Waals surface area contributed by atoms with E-state index < -0.39 is 5.82 Å². The third-order valence-corrected chi connectivity index (χ3v) is 4.59. The molecule has 0 bridgehead atoms. The summed E-state index contributed by atoms with van der Waals surface area (Å²) in [5, 5.41) is 14.2. The highest BCUT2D eigenvalue weighted by molar-refractivity contribution is 9.09. The van der Waals surface area contributed by atoms with Gasteiger partial charge < -0.3 is 14.7 Å². The summed E-state index contributed by atoms with van der Waals surface area (Å²) in [5.41, 5.74) is 3.22. The molecule has 134 valence electrons. The number of ether oxygens (including phenoxy) is 1. The first-order valence-electron chi connectivity index (χ1n) is 7.63. The highest BCUT2D eigenvalue weighted by atomic mass is 79.9. The number of hydrogen-bond donors (Lipinski definition) is 2. The van der Waals surface area contributed by atoms with Crippen LogP contribution < -0.4 is 10.3 Å². The van der Waals surface area contributed by atoms with Gasteiger partial charge in [0.2, 0.25) is 5.95 Å². The first-order valence-corrected chi connectivity index (χ1v) is 8.92. The van der Waals surface area contributed by atoms with Crippen molar-refractivity contribution in [2.24, 2.45) is 5.10 Å². The van der Waals surface area contributed by atoms with Gasteiger partial charge in [-0.1, -0.05) is 27.5 Å². The van der Waals surface area contributed by atoms with E-state index in [1.165, 1.54) is 6.21 Å². The smallest absolute Gasteiger partial charge is 0.245 e. The highest BCUT2D eigenvalue weighted by Gasteiger charge is 2.19. The zero-order chi connectivity index (χ0) is 17.8. The topological polar surface area (TPSA) is 82.9 Å². The maximum atomic E-state index is 14.0. The molecule has 0 amide bonds. The van der Waals surface area contributed by atoms with Crippen LogP contribution in [0.1, 0.15) is 6.42 Å². The number of nitrogens with zero attached hydrogens (tertiary/aromatic N) is 4. The number of aromatic nitrogens is 2. The predicted octanol–water partition coefficient (Wildman–Crippen LogP) is 2.95. The van der Waals surface area contributed by atoms with E-state index in [9.17, 15) is 9.50 Å². The van der Waals surface area contributed by atoms with Crippen molar-refractivity contribution in [2.45, 2.75) is 11.2 Å². The van der Waals surface area contributed by atoms with E-state index in [1.54, 1.807) is 11.0 Å². The molecule has 7 nitrogen and oxygen atoms in total. The highest BCUT2D eigenvalue weighted by Crippen LogP contribution is 2.28. The third kappa shape index (κ3) is 4.47. The second-order valence-corrected chi connectivity index (χ2v) is 7.03. The van der Waals surface area contributed by atoms with Crippen LogP contribution in [-0.4, -0.2) is 52.4 Å². The van der Waals surface area contributed by atoms with Gasteiger partial charge in [0.15, 0.2) is 11.6 Å². The molecule has 1 atom stereocenters. The Balaban J connectivity index is 1.71. The number of allylic oxidation sites excluding steroid dienone is 3. The second-order valence-electron chi connectivity index (χ2n) is 5.44. The van der Waals surface area contributed by atoms with Crippen LogP contribution in [-0.2, 0) is 4.74 Å². The monoisotopic (exact) mass is 431 g/mol. The Bertz CT molecular complexity index is 737. The Morgan fingerprint density at radius 1 is 1.48 bits per heavy atom. The molecule has 1 aliphatic heterocycles. The van der Waals surface area contributed by atoms with Crippen molar-refractivity contribution in [2.75, 3.05) is 36.6 Å². The number of hydrogen-bond acceptors (Lipinski definition) is 7. The molecule has 2 N–H and O–H groups in total. The summed E-state index contributed by atoms with van der Waals surface area (Å²) in [4.78, 5) is 9.85. The minimum Gasteiger partial charge on any atom is -0.506 e. The van der Waals surface area contributed by atoms with Crippen LogP contribution in [0, 0.1) is 5.82 Å². The van der Waals surface area contributed by atoms with Gasteiger partial charge in [0, 0.05) is 23.5 Å². The van der Waals surface area contributed by atoms with Gasteiger partial charge in [-0.05, 0) is 12.5 Å². The van der Waals surface area contributed by atoms with E-state index >= 15 is 0 Å². The third-order valence-electron chi connectivity index (χ3n) is 3.69. The molecule has 25 heavy (non-hydrogen) atoms. The van der Waals surface area contributed by atoms with E-state index in [1.807, 2.05) is 0 Å². The molecule has 1 aromatic heterocycles. The summed E-state index contributed by atoms with van der Waals surface area (Å²) in [7, 11) is 0. The van der Waals surface area contributed by atoms with Crippen molar-refractivity contribution in [3.8, 4) is 0 Å². The summed E-state index contributed by atoms with van der Waals surface area (Å²) in [6.45, 7) is 2.18. The molecule has 0 aromatic carbocycles. The number of alkyl halides is 1. The van der Waals surface area contributed by atoms with Crippen molar-refractivity contribution >= 4 is 45.5 Å². The minimum absolute atomic E-state index is 0.0167. The maximum absolute atomic E-state index is 14.0. The lowest BCUT2D eigenvalue weighted by molar-refractivity contribution is 0.122. The van der Waals surface area contributed by atoms with Gasteiger partial charge in [0.05, 0.1) is 30.7 Å². The van der Waals surface area contributed by atoms with Gasteiger partial charge >= 0.3 is 0 Å². The fraction of sp³-hybridized carbons (Fsp3) is 0.400. The predicted molar refractivity (Wildman–Crippen MR) is 98.1 cm³/mol. The standard InChI is InChI=1S/C15H16BrClFN5O2/c16-10-5-9(13(24)11(17)6-10)7-20-22-15-19-8-12(18)14(21-15)23-1-3-25-4-2-23/h6-8,10,24H,1-5H2,(H,19,21,22)/b20-7-. The Morgan fingerprint density at radius 3 is 3.00 bits per heavy atom. The van der Waals surface area contributed by atoms with E-state index in [2.05, 4.69) is 36.4 Å². The van der Waals surface area contributed by atoms with Crippen LogP contribution in [0.15, 0.2) is 33.7 Å². The number of nitrogens with one attached hydrogen (secondary N) is 1. The zero-order valence-corrected chi connectivity index (χ0v) is 15.5. The summed E-state index contributed by atoms with van der Waals surface area (Å²) in [6.07, 6.45) is 4.79. The molecule has 3 rings (SSSR count). The number of rotatable bonds is 4. The van der Waals surface area contributed by atoms with Crippen molar-refractivity contribution in [3.05, 3.63) is 34.5 Å². The number of aliphatic hydroxyl groups excluding tert-OH is 1. The Morgan fingerprint density at radius 2 is 2.24 bits per heavy atom. The lowest BCUT2D eigenvalue weighted by Gasteiger charge is -2.27. The molecule has 1 unspecified atom stereocenters. The Kier molecular flexibility index (Phi) is 5.87. The number of hydrazone groups is 1. The lowest BCUT2D eigenvalue weighted by atomic mass is 10.0. The summed E-state index contributed by atoms with van der Waals surface area (Å²) in [5.74, 6) is -0.144. The molecule has 10 heteroatoms. The van der Waals surface area contributed by atoms with Crippen LogP contribution in [0.3, 0.4) is 0 Å². The molecule has 1 aromatic rings. The fourth-order valence-corrected chi connectivity index (χ4v) is 3.49. The average molecular weight is 433 g/mol. The SMILES string of the molecule is OC1=C(/C=N\Nc2ncc(F)c(N3CCOCC3)n2)CC(Br)C=C1Cl. The first kappa shape index (κ1) is 18.1. The molecule has 2 heterocycles. The average Bonchev–Trinajstić information content (AvgIpc) is 2.61.